The molecule has 3 heterocycles. The molecule has 0 saturated heterocycles. The fourth-order valence-electron chi connectivity index (χ4n) is 7.59. The second kappa shape index (κ2) is 20.4. The number of carbonyl (C=O) groups excluding carboxylic acids is 3. The number of nitrogens with one attached hydrogen (secondary N) is 3. The van der Waals surface area contributed by atoms with Crippen molar-refractivity contribution < 1.29 is 29.3 Å². The van der Waals surface area contributed by atoms with Gasteiger partial charge in [-0.3, -0.25) is 28.7 Å². The molecule has 5 rings (SSSR count). The molecule has 63 heavy (non-hydrogen) atoms. The van der Waals surface area contributed by atoms with Gasteiger partial charge in [0.15, 0.2) is 0 Å². The number of aromatic nitrogens is 4. The van der Waals surface area contributed by atoms with Gasteiger partial charge in [-0.2, -0.15) is 0 Å². The number of nitrogens with zero attached hydrogens (tertiary/aromatic N) is 4. The van der Waals surface area contributed by atoms with E-state index in [1.54, 1.807) is 50.6 Å². The number of alkyl carbamates (subject to hydrolysis) is 1. The normalized spacial score (nSPS) is 14.5. The van der Waals surface area contributed by atoms with Crippen LogP contribution in [0, 0.1) is 10.8 Å². The smallest absolute Gasteiger partial charge is 0.407 e. The lowest BCUT2D eigenvalue weighted by Gasteiger charge is -2.35. The number of rotatable bonds is 17. The average molecular weight is 862 g/mol. The van der Waals surface area contributed by atoms with Crippen LogP contribution >= 0.6 is 0 Å². The number of methoxy groups -OCH3 is 1. The Morgan fingerprint density at radius 2 is 1.41 bits per heavy atom. The first-order chi connectivity index (χ1) is 29.6. The van der Waals surface area contributed by atoms with Gasteiger partial charge in [-0.15, -0.1) is 0 Å². The molecule has 0 aliphatic rings. The zero-order valence-electron chi connectivity index (χ0n) is 37.8. The number of benzene rings is 2. The molecule has 5 N–H and O–H groups in total. The third-order valence-corrected chi connectivity index (χ3v) is 10.9. The first-order valence-corrected chi connectivity index (χ1v) is 21.3. The predicted octanol–water partition coefficient (Wildman–Crippen LogP) is 5.95. The van der Waals surface area contributed by atoms with Crippen LogP contribution < -0.4 is 21.6 Å². The van der Waals surface area contributed by atoms with E-state index >= 15 is 0 Å². The fourth-order valence-corrected chi connectivity index (χ4v) is 7.59. The summed E-state index contributed by atoms with van der Waals surface area (Å²) in [5.41, 5.74) is 1.45. The molecule has 14 nitrogen and oxygen atoms in total. The lowest BCUT2D eigenvalue weighted by Crippen LogP contribution is -2.57. The number of hydrogen-bond donors (Lipinski definition) is 5. The Bertz CT molecular complexity index is 2340. The molecule has 0 saturated carbocycles. The summed E-state index contributed by atoms with van der Waals surface area (Å²) in [6.07, 6.45) is 3.56. The van der Waals surface area contributed by atoms with E-state index in [2.05, 4.69) is 25.9 Å². The number of amides is 3. The van der Waals surface area contributed by atoms with Crippen LogP contribution in [0.15, 0.2) is 114 Å². The molecule has 336 valence electrons. The number of pyridine rings is 2. The molecule has 5 aromatic rings. The molecule has 0 aliphatic heterocycles. The van der Waals surface area contributed by atoms with Crippen molar-refractivity contribution in [3.05, 3.63) is 143 Å². The van der Waals surface area contributed by atoms with Crippen molar-refractivity contribution in [1.29, 1.82) is 0 Å². The van der Waals surface area contributed by atoms with Crippen molar-refractivity contribution in [1.82, 2.24) is 35.1 Å². The second-order valence-electron chi connectivity index (χ2n) is 18.8. The molecule has 0 unspecified atom stereocenters. The quantitative estimate of drug-likeness (QED) is 0.0753. The van der Waals surface area contributed by atoms with E-state index in [1.165, 1.54) is 16.2 Å². The summed E-state index contributed by atoms with van der Waals surface area (Å²) in [6.45, 7) is 14.5. The summed E-state index contributed by atoms with van der Waals surface area (Å²) in [7, 11) is 1.23. The van der Waals surface area contributed by atoms with Crippen LogP contribution in [-0.4, -0.2) is 78.6 Å². The second-order valence-corrected chi connectivity index (χ2v) is 18.8. The minimum Gasteiger partial charge on any atom is -0.453 e. The van der Waals surface area contributed by atoms with Crippen molar-refractivity contribution >= 4 is 17.9 Å². The van der Waals surface area contributed by atoms with Crippen molar-refractivity contribution in [3.63, 3.8) is 0 Å². The van der Waals surface area contributed by atoms with Gasteiger partial charge in [0.1, 0.15) is 17.7 Å². The van der Waals surface area contributed by atoms with Crippen molar-refractivity contribution in [2.45, 2.75) is 117 Å². The Kier molecular flexibility index (Phi) is 15.5. The van der Waals surface area contributed by atoms with Gasteiger partial charge in [0, 0.05) is 30.2 Å². The van der Waals surface area contributed by atoms with Crippen LogP contribution in [0.3, 0.4) is 0 Å². The molecule has 2 aromatic carbocycles. The maximum Gasteiger partial charge on any atom is 0.407 e. The van der Waals surface area contributed by atoms with E-state index in [9.17, 15) is 29.4 Å². The van der Waals surface area contributed by atoms with Gasteiger partial charge in [-0.1, -0.05) is 108 Å². The number of aliphatic hydroxyl groups is 2. The van der Waals surface area contributed by atoms with E-state index in [-0.39, 0.29) is 19.4 Å². The minimum absolute atomic E-state index is 0.0216. The highest BCUT2D eigenvalue weighted by Gasteiger charge is 2.38. The fraction of sp³-hybridized carbons (Fsp3) is 0.429. The van der Waals surface area contributed by atoms with Crippen LogP contribution in [0.25, 0.3) is 11.3 Å². The maximum absolute atomic E-state index is 14.6. The standard InChI is InChI=1S/C49H63N7O7/c1-47(2,3)41(54-45(60)63-9)43(58)52-36(28-33-21-23-34(24-22-33)37-19-13-14-25-50-37)30-39(57)38(29-32-16-11-10-12-17-32)53-44(59)42(48(4,5)6)56-27-26-55(46(56)61)31-35-18-15-20-40(51-35)49(7,8)62/h10-27,36,38-39,41-42,57,62H,28-31H2,1-9H3,(H,52,58)(H,53,59)(H,54,60)/t36-,38+,39+,41-,42-/m1/s1. The van der Waals surface area contributed by atoms with Crippen LogP contribution in [0.5, 0.6) is 0 Å². The van der Waals surface area contributed by atoms with Gasteiger partial charge in [-0.05, 0) is 79.3 Å². The minimum atomic E-state index is -1.19. The maximum atomic E-state index is 14.6. The SMILES string of the molecule is COC(=O)N[C@H](C(=O)N[C@H](Cc1ccc(-c2ccccn2)cc1)C[C@H](O)[C@H](Cc1ccccc1)NC(=O)[C@@H](n1ccn(Cc2cccc(C(C)(C)O)n2)c1=O)C(C)(C)C)C(C)(C)C. The summed E-state index contributed by atoms with van der Waals surface area (Å²) < 4.78 is 7.71. The molecule has 14 heteroatoms. The lowest BCUT2D eigenvalue weighted by molar-refractivity contribution is -0.129. The molecule has 3 aromatic heterocycles. The molecule has 0 fully saturated rings. The highest BCUT2D eigenvalue weighted by molar-refractivity contribution is 5.86. The van der Waals surface area contributed by atoms with E-state index in [0.29, 0.717) is 17.8 Å². The van der Waals surface area contributed by atoms with Gasteiger partial charge in [0.05, 0.1) is 42.9 Å². The zero-order chi connectivity index (χ0) is 46.1. The summed E-state index contributed by atoms with van der Waals surface area (Å²) in [6, 6.07) is 24.7. The first-order valence-electron chi connectivity index (χ1n) is 21.3. The summed E-state index contributed by atoms with van der Waals surface area (Å²) in [5.74, 6) is -0.928. The lowest BCUT2D eigenvalue weighted by atomic mass is 9.85. The number of imidazole rings is 1. The molecular formula is C49H63N7O7. The highest BCUT2D eigenvalue weighted by atomic mass is 16.5. The van der Waals surface area contributed by atoms with Gasteiger partial charge in [0.25, 0.3) is 0 Å². The van der Waals surface area contributed by atoms with Crippen LogP contribution in [-0.2, 0) is 39.3 Å². The third-order valence-electron chi connectivity index (χ3n) is 10.9. The summed E-state index contributed by atoms with van der Waals surface area (Å²) in [5, 5.41) is 31.7. The molecule has 0 spiro atoms. The van der Waals surface area contributed by atoms with Crippen molar-refractivity contribution in [2.24, 2.45) is 10.8 Å². The van der Waals surface area contributed by atoms with E-state index in [4.69, 9.17) is 4.74 Å². The van der Waals surface area contributed by atoms with Gasteiger partial charge in [-0.25, -0.2) is 9.59 Å². The van der Waals surface area contributed by atoms with Crippen molar-refractivity contribution in [2.75, 3.05) is 7.11 Å². The Balaban J connectivity index is 1.45. The number of ether oxygens (including phenoxy) is 1. The molecular weight excluding hydrogens is 799 g/mol. The van der Waals surface area contributed by atoms with Crippen LogP contribution in [0.2, 0.25) is 0 Å². The van der Waals surface area contributed by atoms with Crippen molar-refractivity contribution in [3.8, 4) is 11.3 Å². The van der Waals surface area contributed by atoms with E-state index < -0.39 is 70.3 Å². The number of aliphatic hydroxyl groups excluding tert-OH is 1. The highest BCUT2D eigenvalue weighted by Crippen LogP contribution is 2.31. The van der Waals surface area contributed by atoms with Crippen LogP contribution in [0.4, 0.5) is 4.79 Å². The Hall–Kier alpha value is -6.12. The van der Waals surface area contributed by atoms with Crippen LogP contribution in [0.1, 0.15) is 90.4 Å². The molecule has 0 aliphatic carbocycles. The van der Waals surface area contributed by atoms with Gasteiger partial charge >= 0.3 is 11.8 Å². The molecule has 0 radical (unpaired) electrons. The topological polar surface area (TPSA) is 190 Å². The van der Waals surface area contributed by atoms with E-state index in [1.807, 2.05) is 114 Å². The largest absolute Gasteiger partial charge is 0.453 e. The Morgan fingerprint density at radius 3 is 2.02 bits per heavy atom. The third kappa shape index (κ3) is 13.2. The molecule has 0 bridgehead atoms. The summed E-state index contributed by atoms with van der Waals surface area (Å²) >= 11 is 0. The molecule has 5 atom stereocenters. The zero-order valence-corrected chi connectivity index (χ0v) is 37.8. The number of carbonyl (C=O) groups is 3. The Labute approximate surface area is 370 Å². The van der Waals surface area contributed by atoms with Gasteiger partial charge < -0.3 is 30.9 Å². The number of hydrogen-bond acceptors (Lipinski definition) is 9. The Morgan fingerprint density at radius 1 is 0.746 bits per heavy atom. The predicted molar refractivity (Wildman–Crippen MR) is 243 cm³/mol. The van der Waals surface area contributed by atoms with Gasteiger partial charge in [0.2, 0.25) is 11.8 Å². The summed E-state index contributed by atoms with van der Waals surface area (Å²) in [4.78, 5) is 64.2. The average Bonchev–Trinajstić information content (AvgIpc) is 3.56. The monoisotopic (exact) mass is 861 g/mol. The first kappa shape index (κ1) is 47.9. The molecule has 3 amide bonds. The van der Waals surface area contributed by atoms with E-state index in [0.717, 1.165) is 22.4 Å².